The van der Waals surface area contributed by atoms with Gasteiger partial charge < -0.3 is 55.2 Å². The number of fused-ring (bicyclic) bond motifs is 7. The van der Waals surface area contributed by atoms with Gasteiger partial charge in [-0.1, -0.05) is 85.8 Å². The zero-order valence-electron chi connectivity index (χ0n) is 45.7. The predicted octanol–water partition coefficient (Wildman–Crippen LogP) is 8.06. The second kappa shape index (κ2) is 24.5. The number of hydrogen-bond acceptors (Lipinski definition) is 17. The molecular formula is C59H68ClFN12O7S. The first-order valence-electron chi connectivity index (χ1n) is 27.8. The highest BCUT2D eigenvalue weighted by molar-refractivity contribution is 7.13. The molecule has 4 atom stereocenters. The fraction of sp³-hybridized carbons (Fsp3) is 0.424. The second-order valence-corrected chi connectivity index (χ2v) is 22.5. The molecule has 22 heteroatoms. The molecule has 0 spiro atoms. The van der Waals surface area contributed by atoms with Gasteiger partial charge in [-0.3, -0.25) is 14.7 Å². The molecule has 8 heterocycles. The van der Waals surface area contributed by atoms with Crippen molar-refractivity contribution in [1.82, 2.24) is 45.7 Å². The molecule has 6 aliphatic rings. The number of carbonyl (C=O) groups is 2. The van der Waals surface area contributed by atoms with E-state index in [-0.39, 0.29) is 60.2 Å². The molecule has 5 fully saturated rings. The van der Waals surface area contributed by atoms with Gasteiger partial charge in [0.25, 0.3) is 0 Å². The topological polar surface area (TPSA) is 244 Å². The normalized spacial score (nSPS) is 20.1. The van der Waals surface area contributed by atoms with Gasteiger partial charge in [-0.15, -0.1) is 11.3 Å². The fourth-order valence-electron chi connectivity index (χ4n) is 11.6. The van der Waals surface area contributed by atoms with Gasteiger partial charge in [0.1, 0.15) is 49.1 Å². The summed E-state index contributed by atoms with van der Waals surface area (Å²) in [5.74, 6) is 6.79. The van der Waals surface area contributed by atoms with E-state index in [1.807, 2.05) is 61.0 Å². The molecule has 1 aliphatic carbocycles. The molecule has 5 aliphatic heterocycles. The van der Waals surface area contributed by atoms with E-state index < -0.39 is 11.9 Å². The number of ether oxygens (including phenoxy) is 4. The molecule has 3 aromatic heterocycles. The number of likely N-dealkylation sites (tertiary alicyclic amines) is 1. The molecule has 19 nitrogen and oxygen atoms in total. The summed E-state index contributed by atoms with van der Waals surface area (Å²) in [4.78, 5) is 46.6. The standard InChI is InChI=1S/C54H56ClFN12O6S.C4H8.CH4O/c1-28-37(56)19-39-36(22-62-65-39)44(28)45-47(55)49-46-48(63-54(74-35-13-16-71-17-14-35)64-52(46)68-34-18-40(59-21-34)42(68)26-73-49)50(45)72-25-31-7-9-32(10-8-31)38(57)23-66(58)24-43(69)67-15-3-4-41(67)53(70)60-20-30-5-11-33(12-6-30)51-29(2)61-27-75-51;1-2-4-3-1;1-2/h5-12,19,22-23,27,34-35,40-42,59H,3-4,13-18,20-21,24-26,57-58H2,1-2H3,(H,60,70)(H,62,65);1-4H2;2H,1H3/b38-23-;;/t34?,40-,41?,42?;;/m0../s1. The van der Waals surface area contributed by atoms with Crippen LogP contribution in [0.25, 0.3) is 49.1 Å². The van der Waals surface area contributed by atoms with Gasteiger partial charge in [0.15, 0.2) is 11.5 Å². The zero-order chi connectivity index (χ0) is 56.3. The second-order valence-electron chi connectivity index (χ2n) is 21.3. The summed E-state index contributed by atoms with van der Waals surface area (Å²) < 4.78 is 41.9. The average Bonchev–Trinajstić information content (AvgIpc) is 3.40. The number of nitrogens with zero attached hydrogens (tertiary/aromatic N) is 7. The number of aromatic nitrogens is 5. The number of amides is 2. The zero-order valence-corrected chi connectivity index (χ0v) is 47.3. The molecule has 4 saturated heterocycles. The van der Waals surface area contributed by atoms with Crippen LogP contribution < -0.4 is 41.3 Å². The van der Waals surface area contributed by atoms with Crippen molar-refractivity contribution in [2.45, 2.75) is 115 Å². The van der Waals surface area contributed by atoms with Crippen molar-refractivity contribution < 1.29 is 38.0 Å². The third-order valence-corrected chi connectivity index (χ3v) is 17.5. The van der Waals surface area contributed by atoms with Gasteiger partial charge in [-0.25, -0.2) is 15.2 Å². The largest absolute Gasteiger partial charge is 0.489 e. The number of aryl methyl sites for hydroxylation is 1. The van der Waals surface area contributed by atoms with E-state index in [1.165, 1.54) is 43.0 Å². The Morgan fingerprint density at radius 2 is 1.77 bits per heavy atom. The lowest BCUT2D eigenvalue weighted by Crippen LogP contribution is -2.53. The van der Waals surface area contributed by atoms with Gasteiger partial charge in [0, 0.05) is 74.4 Å². The number of carbonyl (C=O) groups excluding carboxylic acids is 2. The van der Waals surface area contributed by atoms with Crippen molar-refractivity contribution in [2.24, 2.45) is 11.6 Å². The molecule has 426 valence electrons. The van der Waals surface area contributed by atoms with Crippen molar-refractivity contribution in [1.29, 1.82) is 0 Å². The van der Waals surface area contributed by atoms with Crippen molar-refractivity contribution >= 4 is 68.1 Å². The Hall–Kier alpha value is -7.14. The maximum atomic E-state index is 16.0. The van der Waals surface area contributed by atoms with Crippen LogP contribution in [0.2, 0.25) is 5.02 Å². The van der Waals surface area contributed by atoms with Gasteiger partial charge in [0.05, 0.1) is 63.2 Å². The first kappa shape index (κ1) is 55.8. The number of piperazine rings is 1. The molecule has 2 bridgehead atoms. The number of anilines is 1. The first-order valence-corrected chi connectivity index (χ1v) is 29.0. The highest BCUT2D eigenvalue weighted by atomic mass is 35.5. The Kier molecular flexibility index (Phi) is 16.9. The minimum absolute atomic E-state index is 0.0338. The van der Waals surface area contributed by atoms with Crippen LogP contribution in [-0.2, 0) is 27.5 Å². The van der Waals surface area contributed by atoms with Crippen LogP contribution in [-0.4, -0.2) is 129 Å². The Morgan fingerprint density at radius 3 is 2.49 bits per heavy atom. The number of H-pyrrole nitrogens is 1. The summed E-state index contributed by atoms with van der Waals surface area (Å²) in [7, 11) is 1.00. The van der Waals surface area contributed by atoms with Gasteiger partial charge >= 0.3 is 6.01 Å². The van der Waals surface area contributed by atoms with Crippen LogP contribution in [0.5, 0.6) is 17.5 Å². The summed E-state index contributed by atoms with van der Waals surface area (Å²) in [6.45, 7) is 6.60. The number of aliphatic hydroxyl groups excluding tert-OH is 1. The van der Waals surface area contributed by atoms with E-state index in [2.05, 4.69) is 30.7 Å². The number of aliphatic hydroxyl groups is 1. The number of hydrazine groups is 1. The number of aromatic amines is 1. The number of rotatable bonds is 14. The Morgan fingerprint density at radius 1 is 1.01 bits per heavy atom. The van der Waals surface area contributed by atoms with E-state index >= 15 is 4.39 Å². The molecule has 13 rings (SSSR count). The van der Waals surface area contributed by atoms with Gasteiger partial charge in [-0.2, -0.15) is 15.1 Å². The van der Waals surface area contributed by atoms with Crippen molar-refractivity contribution in [3.8, 4) is 39.1 Å². The summed E-state index contributed by atoms with van der Waals surface area (Å²) in [5.41, 5.74) is 15.3. The van der Waals surface area contributed by atoms with E-state index in [4.69, 9.17) is 57.2 Å². The predicted molar refractivity (Wildman–Crippen MR) is 310 cm³/mol. The molecule has 7 aromatic rings. The van der Waals surface area contributed by atoms with Crippen LogP contribution >= 0.6 is 22.9 Å². The monoisotopic (exact) mass is 1140 g/mol. The molecule has 3 unspecified atom stereocenters. The maximum absolute atomic E-state index is 16.0. The van der Waals surface area contributed by atoms with E-state index in [0.29, 0.717) is 126 Å². The lowest BCUT2D eigenvalue weighted by Gasteiger charge is -2.35. The van der Waals surface area contributed by atoms with Crippen LogP contribution in [0.4, 0.5) is 10.2 Å². The number of halogens is 2. The summed E-state index contributed by atoms with van der Waals surface area (Å²) in [6.07, 6.45) is 12.6. The molecule has 4 aromatic carbocycles. The lowest BCUT2D eigenvalue weighted by atomic mass is 9.93. The maximum Gasteiger partial charge on any atom is 0.319 e. The SMILES string of the molecule is C1CCC1.CO.Cc1ncsc1-c1ccc(CNC(=O)C2CCCN2C(=O)CN(N)/C=C(\N)c2ccc(COc3c(-c4c(C)c(F)cc5[nH]ncc45)c(Cl)c4c5c(nc(OC6CCOCC6)nc35)N3C5CN[C@@H](C5)C3CO4)cc2)cc1. The Labute approximate surface area is 478 Å². The molecule has 1 saturated carbocycles. The van der Waals surface area contributed by atoms with Crippen molar-refractivity contribution in [3.05, 3.63) is 111 Å². The third kappa shape index (κ3) is 11.4. The molecular weight excluding hydrogens is 1080 g/mol. The Bertz CT molecular complexity index is 3440. The van der Waals surface area contributed by atoms with Crippen LogP contribution in [0.15, 0.2) is 72.5 Å². The number of nitrogens with one attached hydrogen (secondary N) is 3. The van der Waals surface area contributed by atoms with Crippen molar-refractivity contribution in [3.63, 3.8) is 0 Å². The smallest absolute Gasteiger partial charge is 0.319 e. The molecule has 8 N–H and O–H groups in total. The number of hydrogen-bond donors (Lipinski definition) is 6. The summed E-state index contributed by atoms with van der Waals surface area (Å²) >= 11 is 9.18. The van der Waals surface area contributed by atoms with Crippen LogP contribution in [0, 0.1) is 19.7 Å². The minimum Gasteiger partial charge on any atom is -0.489 e. The molecule has 0 radical (unpaired) electrons. The van der Waals surface area contributed by atoms with Crippen LogP contribution in [0.1, 0.15) is 85.7 Å². The highest BCUT2D eigenvalue weighted by Crippen LogP contribution is 2.55. The summed E-state index contributed by atoms with van der Waals surface area (Å²) in [5, 5.41) is 23.6. The minimum atomic E-state index is -0.602. The van der Waals surface area contributed by atoms with Crippen molar-refractivity contribution in [2.75, 3.05) is 51.5 Å². The van der Waals surface area contributed by atoms with Crippen LogP contribution in [0.3, 0.4) is 0 Å². The van der Waals surface area contributed by atoms with E-state index in [1.54, 1.807) is 29.4 Å². The summed E-state index contributed by atoms with van der Waals surface area (Å²) in [6, 6.07) is 16.8. The van der Waals surface area contributed by atoms with Gasteiger partial charge in [0.2, 0.25) is 11.8 Å². The first-order chi connectivity index (χ1) is 39.5. The van der Waals surface area contributed by atoms with E-state index in [9.17, 15) is 9.59 Å². The van der Waals surface area contributed by atoms with Gasteiger partial charge in [-0.05, 0) is 67.0 Å². The number of nitrogens with two attached hydrogens (primary N) is 2. The third-order valence-electron chi connectivity index (χ3n) is 16.2. The lowest BCUT2D eigenvalue weighted by molar-refractivity contribution is -0.139. The molecule has 81 heavy (non-hydrogen) atoms. The number of thiazole rings is 1. The molecule has 2 amide bonds. The highest BCUT2D eigenvalue weighted by Gasteiger charge is 2.50. The fourth-order valence-corrected chi connectivity index (χ4v) is 12.7. The van der Waals surface area contributed by atoms with E-state index in [0.717, 1.165) is 47.3 Å². The Balaban J connectivity index is 0.00000109. The average molecular weight is 1140 g/mol. The quantitative estimate of drug-likeness (QED) is 0.0445. The number of benzene rings is 4.